The first kappa shape index (κ1) is 25.9. The average molecular weight is 542 g/mol. The molecule has 1 aromatic carbocycles. The number of benzene rings is 1. The van der Waals surface area contributed by atoms with Crippen molar-refractivity contribution >= 4 is 41.5 Å². The van der Waals surface area contributed by atoms with Crippen LogP contribution in [0.5, 0.6) is 0 Å². The zero-order chi connectivity index (χ0) is 21.0. The molecule has 0 bridgehead atoms. The lowest BCUT2D eigenvalue weighted by atomic mass is 10.1. The Morgan fingerprint density at radius 1 is 1.06 bits per heavy atom. The molecule has 0 spiro atoms. The maximum Gasteiger partial charge on any atom is 0.227 e. The van der Waals surface area contributed by atoms with Gasteiger partial charge in [0.05, 0.1) is 0 Å². The fraction of sp³-hybridized carbons (Fsp3) is 0.667. The number of anilines is 1. The van der Waals surface area contributed by atoms with E-state index < -0.39 is 0 Å². The van der Waals surface area contributed by atoms with Crippen molar-refractivity contribution in [1.82, 2.24) is 15.5 Å². The largest absolute Gasteiger partial charge is 0.356 e. The molecule has 6 nitrogen and oxygen atoms in total. The molecular weight excluding hydrogens is 501 g/mol. The van der Waals surface area contributed by atoms with Gasteiger partial charge in [-0.15, -0.1) is 24.0 Å². The lowest BCUT2D eigenvalue weighted by Crippen LogP contribution is -2.38. The zero-order valence-electron chi connectivity index (χ0n) is 19.0. The Bertz CT molecular complexity index is 682. The van der Waals surface area contributed by atoms with Crippen molar-refractivity contribution in [3.8, 4) is 0 Å². The predicted octanol–water partition coefficient (Wildman–Crippen LogP) is 4.36. The van der Waals surface area contributed by atoms with E-state index in [1.54, 1.807) is 0 Å². The van der Waals surface area contributed by atoms with Gasteiger partial charge in [0.2, 0.25) is 5.91 Å². The van der Waals surface area contributed by atoms with E-state index in [1.807, 2.05) is 25.2 Å². The van der Waals surface area contributed by atoms with E-state index in [0.29, 0.717) is 6.54 Å². The summed E-state index contributed by atoms with van der Waals surface area (Å²) in [5.41, 5.74) is 2.01. The maximum absolute atomic E-state index is 12.4. The van der Waals surface area contributed by atoms with Crippen molar-refractivity contribution in [2.45, 2.75) is 64.3 Å². The van der Waals surface area contributed by atoms with Gasteiger partial charge in [0.15, 0.2) is 5.96 Å². The van der Waals surface area contributed by atoms with Gasteiger partial charge >= 0.3 is 0 Å². The van der Waals surface area contributed by atoms with Crippen LogP contribution >= 0.6 is 24.0 Å². The minimum Gasteiger partial charge on any atom is -0.356 e. The van der Waals surface area contributed by atoms with Gasteiger partial charge in [-0.05, 0) is 69.4 Å². The number of hydrogen-bond donors (Lipinski definition) is 3. The van der Waals surface area contributed by atoms with Crippen molar-refractivity contribution < 1.29 is 4.79 Å². The Kier molecular flexibility index (Phi) is 12.3. The normalized spacial score (nSPS) is 18.2. The van der Waals surface area contributed by atoms with E-state index in [4.69, 9.17) is 0 Å². The molecule has 3 N–H and O–H groups in total. The highest BCUT2D eigenvalue weighted by atomic mass is 127. The van der Waals surface area contributed by atoms with Gasteiger partial charge in [-0.25, -0.2) is 0 Å². The highest BCUT2D eigenvalue weighted by Gasteiger charge is 2.22. The molecule has 2 fully saturated rings. The molecule has 1 saturated heterocycles. The second-order valence-corrected chi connectivity index (χ2v) is 8.63. The third-order valence-electron chi connectivity index (χ3n) is 6.25. The molecule has 7 heteroatoms. The minimum atomic E-state index is 0. The van der Waals surface area contributed by atoms with E-state index in [0.717, 1.165) is 49.6 Å². The summed E-state index contributed by atoms with van der Waals surface area (Å²) >= 11 is 0. The van der Waals surface area contributed by atoms with Gasteiger partial charge in [-0.1, -0.05) is 37.8 Å². The summed E-state index contributed by atoms with van der Waals surface area (Å²) in [5, 5.41) is 9.89. The Morgan fingerprint density at radius 2 is 1.81 bits per heavy atom. The number of likely N-dealkylation sites (tertiary alicyclic amines) is 1. The van der Waals surface area contributed by atoms with Crippen molar-refractivity contribution in [1.29, 1.82) is 0 Å². The number of guanidine groups is 1. The molecule has 1 amide bonds. The number of rotatable bonds is 8. The van der Waals surface area contributed by atoms with Crippen molar-refractivity contribution in [3.05, 3.63) is 29.8 Å². The van der Waals surface area contributed by atoms with Crippen LogP contribution in [0.15, 0.2) is 29.3 Å². The van der Waals surface area contributed by atoms with Crippen LogP contribution in [0, 0.1) is 5.92 Å². The molecule has 1 heterocycles. The predicted molar refractivity (Wildman–Crippen MR) is 140 cm³/mol. The zero-order valence-corrected chi connectivity index (χ0v) is 21.3. The number of nitrogens with zero attached hydrogens (tertiary/aromatic N) is 2. The Morgan fingerprint density at radius 3 is 2.52 bits per heavy atom. The van der Waals surface area contributed by atoms with Crippen LogP contribution < -0.4 is 16.0 Å². The van der Waals surface area contributed by atoms with Crippen LogP contribution in [-0.4, -0.2) is 50.0 Å². The molecule has 1 aliphatic heterocycles. The van der Waals surface area contributed by atoms with Gasteiger partial charge in [-0.3, -0.25) is 9.79 Å². The Labute approximate surface area is 205 Å². The monoisotopic (exact) mass is 541 g/mol. The van der Waals surface area contributed by atoms with Gasteiger partial charge in [0.1, 0.15) is 0 Å². The van der Waals surface area contributed by atoms with E-state index in [1.165, 1.54) is 51.6 Å². The van der Waals surface area contributed by atoms with Crippen LogP contribution in [0.25, 0.3) is 0 Å². The number of hydrogen-bond acceptors (Lipinski definition) is 3. The molecule has 1 saturated carbocycles. The molecule has 0 radical (unpaired) electrons. The minimum absolute atomic E-state index is 0. The van der Waals surface area contributed by atoms with Crippen LogP contribution in [-0.2, 0) is 11.3 Å². The van der Waals surface area contributed by atoms with Gasteiger partial charge in [0, 0.05) is 31.7 Å². The molecule has 0 aromatic heterocycles. The fourth-order valence-electron chi connectivity index (χ4n) is 4.47. The van der Waals surface area contributed by atoms with Crippen LogP contribution in [0.3, 0.4) is 0 Å². The number of halogens is 1. The first-order valence-corrected chi connectivity index (χ1v) is 11.8. The SMILES string of the molecule is CN=C(NCCCN1CCCCCC1)NCc1cccc(NC(=O)C2CCCC2)c1.I. The summed E-state index contributed by atoms with van der Waals surface area (Å²) in [5.74, 6) is 1.18. The summed E-state index contributed by atoms with van der Waals surface area (Å²) < 4.78 is 0. The first-order valence-electron chi connectivity index (χ1n) is 11.8. The van der Waals surface area contributed by atoms with Gasteiger partial charge in [0.25, 0.3) is 0 Å². The summed E-state index contributed by atoms with van der Waals surface area (Å²) in [6, 6.07) is 8.09. The Hall–Kier alpha value is -1.35. The maximum atomic E-state index is 12.4. The second kappa shape index (κ2) is 14.7. The average Bonchev–Trinajstić information content (AvgIpc) is 3.18. The topological polar surface area (TPSA) is 68.8 Å². The number of carbonyl (C=O) groups is 1. The van der Waals surface area contributed by atoms with E-state index >= 15 is 0 Å². The molecule has 3 rings (SSSR count). The van der Waals surface area contributed by atoms with Crippen molar-refractivity contribution in [2.75, 3.05) is 38.5 Å². The molecular formula is C24H40IN5O. The number of aliphatic imine (C=N–C) groups is 1. The van der Waals surface area contributed by atoms with Crippen molar-refractivity contribution in [2.24, 2.45) is 10.9 Å². The lowest BCUT2D eigenvalue weighted by molar-refractivity contribution is -0.119. The second-order valence-electron chi connectivity index (χ2n) is 8.63. The smallest absolute Gasteiger partial charge is 0.227 e. The molecule has 31 heavy (non-hydrogen) atoms. The quantitative estimate of drug-likeness (QED) is 0.198. The highest BCUT2D eigenvalue weighted by Crippen LogP contribution is 2.26. The van der Waals surface area contributed by atoms with Crippen LogP contribution in [0.4, 0.5) is 5.69 Å². The number of carbonyl (C=O) groups excluding carboxylic acids is 1. The standard InChI is InChI=1S/C24H39N5O.HI/c1-25-24(26-14-9-17-29-15-6-2-3-7-16-29)27-19-20-10-8-13-22(18-20)28-23(30)21-11-4-5-12-21;/h8,10,13,18,21H,2-7,9,11-12,14-17,19H2,1H3,(H,28,30)(H2,25,26,27);1H. The lowest BCUT2D eigenvalue weighted by Gasteiger charge is -2.20. The third kappa shape index (κ3) is 9.35. The molecule has 174 valence electrons. The summed E-state index contributed by atoms with van der Waals surface area (Å²) in [4.78, 5) is 19.3. The number of amides is 1. The van der Waals surface area contributed by atoms with E-state index in [9.17, 15) is 4.79 Å². The summed E-state index contributed by atoms with van der Waals surface area (Å²) in [6.07, 6.45) is 11.0. The molecule has 2 aliphatic rings. The third-order valence-corrected chi connectivity index (χ3v) is 6.25. The van der Waals surface area contributed by atoms with E-state index in [2.05, 4.69) is 31.9 Å². The summed E-state index contributed by atoms with van der Waals surface area (Å²) in [6.45, 7) is 5.26. The number of nitrogens with one attached hydrogen (secondary N) is 3. The molecule has 0 unspecified atom stereocenters. The van der Waals surface area contributed by atoms with Gasteiger partial charge in [-0.2, -0.15) is 0 Å². The molecule has 1 aliphatic carbocycles. The van der Waals surface area contributed by atoms with Gasteiger partial charge < -0.3 is 20.9 Å². The van der Waals surface area contributed by atoms with Crippen molar-refractivity contribution in [3.63, 3.8) is 0 Å². The fourth-order valence-corrected chi connectivity index (χ4v) is 4.47. The summed E-state index contributed by atoms with van der Waals surface area (Å²) in [7, 11) is 1.81. The molecule has 1 aromatic rings. The molecule has 0 atom stereocenters. The first-order chi connectivity index (χ1) is 14.7. The highest BCUT2D eigenvalue weighted by molar-refractivity contribution is 14.0. The van der Waals surface area contributed by atoms with Crippen LogP contribution in [0.1, 0.15) is 63.4 Å². The Balaban J connectivity index is 0.00000341. The van der Waals surface area contributed by atoms with Crippen LogP contribution in [0.2, 0.25) is 0 Å². The van der Waals surface area contributed by atoms with E-state index in [-0.39, 0.29) is 35.8 Å².